The van der Waals surface area contributed by atoms with E-state index >= 15 is 0 Å². The second-order valence-electron chi connectivity index (χ2n) is 5.60. The van der Waals surface area contributed by atoms with E-state index in [4.69, 9.17) is 25.6 Å². The molecule has 19 heavy (non-hydrogen) atoms. The van der Waals surface area contributed by atoms with Crippen LogP contribution < -0.4 is 10.2 Å². The van der Waals surface area contributed by atoms with Gasteiger partial charge >= 0.3 is 7.12 Å². The third-order valence-electron chi connectivity index (χ3n) is 3.78. The summed E-state index contributed by atoms with van der Waals surface area (Å²) in [6.07, 6.45) is 0. The van der Waals surface area contributed by atoms with Crippen LogP contribution in [0, 0.1) is 0 Å². The average molecular weight is 347 g/mol. The number of hydrogen-bond donors (Lipinski definition) is 0. The lowest BCUT2D eigenvalue weighted by Gasteiger charge is -2.32. The van der Waals surface area contributed by atoms with Gasteiger partial charge in [0.1, 0.15) is 5.75 Å². The second-order valence-corrected chi connectivity index (χ2v) is 6.86. The SMILES string of the molecule is COc1cc(Br)c(Cl)cc1B1OC(C)(C)C(C)(C)O1. The summed E-state index contributed by atoms with van der Waals surface area (Å²) in [5, 5.41) is 0.602. The molecule has 0 saturated carbocycles. The van der Waals surface area contributed by atoms with Gasteiger partial charge in [0.05, 0.1) is 23.3 Å². The van der Waals surface area contributed by atoms with Crippen LogP contribution in [-0.2, 0) is 9.31 Å². The van der Waals surface area contributed by atoms with Gasteiger partial charge in [0.15, 0.2) is 0 Å². The first-order valence-electron chi connectivity index (χ1n) is 6.06. The molecule has 2 rings (SSSR count). The quantitative estimate of drug-likeness (QED) is 0.768. The smallest absolute Gasteiger partial charge is 0.497 e. The lowest BCUT2D eigenvalue weighted by atomic mass is 9.78. The molecule has 0 spiro atoms. The molecular weight excluding hydrogens is 330 g/mol. The van der Waals surface area contributed by atoms with Crippen molar-refractivity contribution in [3.63, 3.8) is 0 Å². The van der Waals surface area contributed by atoms with Gasteiger partial charge in [0.2, 0.25) is 0 Å². The topological polar surface area (TPSA) is 27.7 Å². The number of halogens is 2. The van der Waals surface area contributed by atoms with E-state index in [2.05, 4.69) is 15.9 Å². The zero-order valence-electron chi connectivity index (χ0n) is 11.7. The van der Waals surface area contributed by atoms with Crippen LogP contribution in [0.2, 0.25) is 5.02 Å². The summed E-state index contributed by atoms with van der Waals surface area (Å²) in [5.74, 6) is 0.690. The molecule has 0 bridgehead atoms. The van der Waals surface area contributed by atoms with E-state index in [1.165, 1.54) is 0 Å². The summed E-state index contributed by atoms with van der Waals surface area (Å²) >= 11 is 9.53. The maximum absolute atomic E-state index is 6.15. The standard InChI is InChI=1S/C13H17BBrClO3/c1-12(2)13(3,4)19-14(18-12)8-6-10(16)9(15)7-11(8)17-5/h6-7H,1-5H3. The first kappa shape index (κ1) is 15.2. The van der Waals surface area contributed by atoms with E-state index in [0.717, 1.165) is 9.94 Å². The van der Waals surface area contributed by atoms with Gasteiger partial charge in [-0.25, -0.2) is 0 Å². The van der Waals surface area contributed by atoms with Crippen LogP contribution in [0.4, 0.5) is 0 Å². The highest BCUT2D eigenvalue weighted by Gasteiger charge is 2.52. The van der Waals surface area contributed by atoms with Crippen molar-refractivity contribution in [1.29, 1.82) is 0 Å². The Morgan fingerprint density at radius 3 is 2.16 bits per heavy atom. The van der Waals surface area contributed by atoms with Crippen LogP contribution in [0.1, 0.15) is 27.7 Å². The van der Waals surface area contributed by atoms with E-state index in [-0.39, 0.29) is 11.2 Å². The molecule has 1 aliphatic heterocycles. The largest absolute Gasteiger partial charge is 0.498 e. The molecule has 1 aliphatic rings. The molecule has 0 amide bonds. The van der Waals surface area contributed by atoms with Crippen molar-refractivity contribution in [1.82, 2.24) is 0 Å². The number of benzene rings is 1. The Bertz CT molecular complexity index is 489. The maximum atomic E-state index is 6.15. The first-order valence-corrected chi connectivity index (χ1v) is 7.23. The highest BCUT2D eigenvalue weighted by atomic mass is 79.9. The highest BCUT2D eigenvalue weighted by Crippen LogP contribution is 2.38. The van der Waals surface area contributed by atoms with Crippen LogP contribution in [0.15, 0.2) is 16.6 Å². The minimum Gasteiger partial charge on any atom is -0.497 e. The van der Waals surface area contributed by atoms with Crippen LogP contribution in [0.25, 0.3) is 0 Å². The Morgan fingerprint density at radius 1 is 1.16 bits per heavy atom. The zero-order valence-corrected chi connectivity index (χ0v) is 14.1. The fourth-order valence-corrected chi connectivity index (χ4v) is 2.37. The minimum atomic E-state index is -0.481. The second kappa shape index (κ2) is 4.95. The monoisotopic (exact) mass is 346 g/mol. The Labute approximate surface area is 127 Å². The normalized spacial score (nSPS) is 20.7. The molecule has 0 radical (unpaired) electrons. The molecule has 1 aromatic carbocycles. The lowest BCUT2D eigenvalue weighted by Crippen LogP contribution is -2.41. The van der Waals surface area contributed by atoms with E-state index in [1.807, 2.05) is 39.8 Å². The Kier molecular flexibility index (Phi) is 3.96. The molecule has 1 fully saturated rings. The number of hydrogen-bond acceptors (Lipinski definition) is 3. The molecule has 1 heterocycles. The molecule has 0 aromatic heterocycles. The van der Waals surface area contributed by atoms with Crippen molar-refractivity contribution in [2.45, 2.75) is 38.9 Å². The molecule has 0 atom stereocenters. The zero-order chi connectivity index (χ0) is 14.4. The number of rotatable bonds is 2. The molecule has 0 aliphatic carbocycles. The van der Waals surface area contributed by atoms with Crippen LogP contribution in [0.3, 0.4) is 0 Å². The molecule has 6 heteroatoms. The predicted octanol–water partition coefficient (Wildman–Crippen LogP) is 3.41. The third-order valence-corrected chi connectivity index (χ3v) is 4.98. The molecular formula is C13H17BBrClO3. The maximum Gasteiger partial charge on any atom is 0.498 e. The van der Waals surface area contributed by atoms with E-state index < -0.39 is 7.12 Å². The van der Waals surface area contributed by atoms with Crippen molar-refractivity contribution in [3.05, 3.63) is 21.6 Å². The molecule has 1 saturated heterocycles. The fraction of sp³-hybridized carbons (Fsp3) is 0.538. The van der Waals surface area contributed by atoms with Gasteiger partial charge in [-0.05, 0) is 55.8 Å². The summed E-state index contributed by atoms with van der Waals surface area (Å²) in [4.78, 5) is 0. The fourth-order valence-electron chi connectivity index (χ4n) is 1.87. The molecule has 3 nitrogen and oxygen atoms in total. The number of methoxy groups -OCH3 is 1. The van der Waals surface area contributed by atoms with Gasteiger partial charge in [-0.3, -0.25) is 0 Å². The molecule has 104 valence electrons. The van der Waals surface area contributed by atoms with Gasteiger partial charge in [-0.15, -0.1) is 0 Å². The summed E-state index contributed by atoms with van der Waals surface area (Å²) in [6.45, 7) is 8.06. The average Bonchev–Trinajstić information content (AvgIpc) is 2.51. The summed E-state index contributed by atoms with van der Waals surface area (Å²) in [7, 11) is 1.13. The van der Waals surface area contributed by atoms with Crippen molar-refractivity contribution < 1.29 is 14.0 Å². The van der Waals surface area contributed by atoms with Crippen molar-refractivity contribution >= 4 is 40.1 Å². The third kappa shape index (κ3) is 2.66. The van der Waals surface area contributed by atoms with Gasteiger partial charge in [0, 0.05) is 9.94 Å². The highest BCUT2D eigenvalue weighted by molar-refractivity contribution is 9.10. The lowest BCUT2D eigenvalue weighted by molar-refractivity contribution is 0.00578. The Hall–Kier alpha value is -0.225. The van der Waals surface area contributed by atoms with Crippen LogP contribution in [-0.4, -0.2) is 25.4 Å². The van der Waals surface area contributed by atoms with Crippen molar-refractivity contribution in [3.8, 4) is 5.75 Å². The van der Waals surface area contributed by atoms with E-state index in [1.54, 1.807) is 7.11 Å². The van der Waals surface area contributed by atoms with Gasteiger partial charge in [-0.1, -0.05) is 11.6 Å². The molecule has 0 unspecified atom stereocenters. The van der Waals surface area contributed by atoms with Crippen molar-refractivity contribution in [2.24, 2.45) is 0 Å². The minimum absolute atomic E-state index is 0.387. The van der Waals surface area contributed by atoms with E-state index in [9.17, 15) is 0 Å². The van der Waals surface area contributed by atoms with Gasteiger partial charge in [0.25, 0.3) is 0 Å². The number of ether oxygens (including phenoxy) is 1. The summed E-state index contributed by atoms with van der Waals surface area (Å²) in [6, 6.07) is 3.63. The predicted molar refractivity (Wildman–Crippen MR) is 81.4 cm³/mol. The van der Waals surface area contributed by atoms with Crippen molar-refractivity contribution in [2.75, 3.05) is 7.11 Å². The van der Waals surface area contributed by atoms with Gasteiger partial charge < -0.3 is 14.0 Å². The molecule has 1 aromatic rings. The summed E-state index contributed by atoms with van der Waals surface area (Å²) < 4.78 is 18.2. The Balaban J connectivity index is 2.42. The summed E-state index contributed by atoms with van der Waals surface area (Å²) in [5.41, 5.74) is 0.0270. The van der Waals surface area contributed by atoms with Crippen LogP contribution in [0.5, 0.6) is 5.75 Å². The molecule has 0 N–H and O–H groups in total. The van der Waals surface area contributed by atoms with Gasteiger partial charge in [-0.2, -0.15) is 0 Å². The Morgan fingerprint density at radius 2 is 1.68 bits per heavy atom. The van der Waals surface area contributed by atoms with Crippen LogP contribution >= 0.6 is 27.5 Å². The first-order chi connectivity index (χ1) is 8.68. The van der Waals surface area contributed by atoms with E-state index in [0.29, 0.717) is 10.8 Å².